The maximum Gasteiger partial charge on any atom is 0.209 e. The number of aryl methyl sites for hydroxylation is 1. The lowest BCUT2D eigenvalue weighted by atomic mass is 10.1. The number of nitrogens with one attached hydrogen (secondary N) is 1. The Morgan fingerprint density at radius 3 is 2.76 bits per heavy atom. The molecule has 0 radical (unpaired) electrons. The van der Waals surface area contributed by atoms with Gasteiger partial charge < -0.3 is 9.90 Å². The molecule has 2 aromatic rings. The van der Waals surface area contributed by atoms with Gasteiger partial charge in [0.05, 0.1) is 5.97 Å². The first-order valence-electron chi connectivity index (χ1n) is 4.97. The number of carboxylic acids is 1. The molecule has 6 heteroatoms. The quantitative estimate of drug-likeness (QED) is 0.802. The number of hydrogen-bond acceptors (Lipinski definition) is 5. The van der Waals surface area contributed by atoms with Crippen LogP contribution in [0.5, 0.6) is 0 Å². The van der Waals surface area contributed by atoms with Crippen LogP contribution in [-0.4, -0.2) is 26.9 Å². The van der Waals surface area contributed by atoms with Gasteiger partial charge in [0.15, 0.2) is 5.82 Å². The molecule has 5 nitrogen and oxygen atoms in total. The van der Waals surface area contributed by atoms with Gasteiger partial charge in [0.2, 0.25) is 5.16 Å². The number of H-pyrrole nitrogens is 1. The minimum Gasteiger partial charge on any atom is -0.549 e. The van der Waals surface area contributed by atoms with Crippen LogP contribution in [0, 0.1) is 6.92 Å². The van der Waals surface area contributed by atoms with Gasteiger partial charge in [-0.05, 0) is 6.92 Å². The van der Waals surface area contributed by atoms with Crippen molar-refractivity contribution < 1.29 is 9.90 Å². The molecule has 0 bridgehead atoms. The lowest BCUT2D eigenvalue weighted by molar-refractivity contribution is -0.301. The number of carboxylic acid groups (broad SMARTS) is 1. The summed E-state index contributed by atoms with van der Waals surface area (Å²) < 4.78 is 0. The van der Waals surface area contributed by atoms with Crippen LogP contribution in [-0.2, 0) is 4.79 Å². The maximum atomic E-state index is 10.3. The summed E-state index contributed by atoms with van der Waals surface area (Å²) >= 11 is 1.03. The third kappa shape index (κ3) is 3.07. The predicted octanol–water partition coefficient (Wildman–Crippen LogP) is 0.622. The zero-order chi connectivity index (χ0) is 12.3. The number of aliphatic carboxylic acids is 1. The van der Waals surface area contributed by atoms with E-state index in [0.29, 0.717) is 11.0 Å². The van der Waals surface area contributed by atoms with Gasteiger partial charge >= 0.3 is 0 Å². The molecule has 0 amide bonds. The molecule has 1 heterocycles. The molecule has 0 saturated carbocycles. The Hall–Kier alpha value is -1.82. The van der Waals surface area contributed by atoms with Gasteiger partial charge in [-0.3, -0.25) is 5.10 Å². The monoisotopic (exact) mass is 248 g/mol. The predicted molar refractivity (Wildman–Crippen MR) is 62.3 cm³/mol. The summed E-state index contributed by atoms with van der Waals surface area (Å²) in [5.41, 5.74) is 2.09. The Labute approximate surface area is 102 Å². The van der Waals surface area contributed by atoms with Crippen LogP contribution in [0.3, 0.4) is 0 Å². The largest absolute Gasteiger partial charge is 0.549 e. The summed E-state index contributed by atoms with van der Waals surface area (Å²) in [4.78, 5) is 14.5. The highest BCUT2D eigenvalue weighted by molar-refractivity contribution is 7.99. The number of hydrogen-bond donors (Lipinski definition) is 1. The van der Waals surface area contributed by atoms with Crippen molar-refractivity contribution in [2.45, 2.75) is 12.1 Å². The van der Waals surface area contributed by atoms with E-state index in [4.69, 9.17) is 0 Å². The van der Waals surface area contributed by atoms with E-state index in [-0.39, 0.29) is 5.75 Å². The molecule has 0 aliphatic rings. The molecule has 0 aliphatic carbocycles. The number of rotatable bonds is 4. The molecule has 17 heavy (non-hydrogen) atoms. The molecule has 88 valence electrons. The smallest absolute Gasteiger partial charge is 0.209 e. The second kappa shape index (κ2) is 5.01. The molecular formula is C11H10N3O2S-. The van der Waals surface area contributed by atoms with Crippen LogP contribution in [0.25, 0.3) is 11.4 Å². The van der Waals surface area contributed by atoms with Gasteiger partial charge in [0.1, 0.15) is 0 Å². The molecule has 2 rings (SSSR count). The molecule has 0 fully saturated rings. The summed E-state index contributed by atoms with van der Waals surface area (Å²) in [6, 6.07) is 7.82. The minimum absolute atomic E-state index is 0.148. The van der Waals surface area contributed by atoms with Crippen molar-refractivity contribution in [2.24, 2.45) is 0 Å². The van der Waals surface area contributed by atoms with Crippen LogP contribution in [0.1, 0.15) is 5.56 Å². The first kappa shape index (κ1) is 11.7. The molecule has 0 atom stereocenters. The molecule has 0 saturated heterocycles. The Morgan fingerprint density at radius 2 is 2.12 bits per heavy atom. The number of carbonyl (C=O) groups excluding carboxylic acids is 1. The van der Waals surface area contributed by atoms with Gasteiger partial charge in [0, 0.05) is 11.3 Å². The van der Waals surface area contributed by atoms with E-state index in [1.807, 2.05) is 31.2 Å². The fourth-order valence-corrected chi connectivity index (χ4v) is 1.79. The number of aromatic amines is 1. The second-order valence-electron chi connectivity index (χ2n) is 3.49. The lowest BCUT2D eigenvalue weighted by Gasteiger charge is -1.97. The summed E-state index contributed by atoms with van der Waals surface area (Å²) in [5.74, 6) is -0.645. The van der Waals surface area contributed by atoms with Crippen LogP contribution in [0.4, 0.5) is 0 Å². The number of nitrogens with zero attached hydrogens (tertiary/aromatic N) is 2. The summed E-state index contributed by atoms with van der Waals surface area (Å²) in [5, 5.41) is 17.4. The van der Waals surface area contributed by atoms with Crippen molar-refractivity contribution in [3.8, 4) is 11.4 Å². The highest BCUT2D eigenvalue weighted by atomic mass is 32.2. The third-order valence-electron chi connectivity index (χ3n) is 2.11. The third-order valence-corrected chi connectivity index (χ3v) is 2.93. The fraction of sp³-hybridized carbons (Fsp3) is 0.182. The van der Waals surface area contributed by atoms with Gasteiger partial charge in [-0.1, -0.05) is 41.6 Å². The van der Waals surface area contributed by atoms with Gasteiger partial charge in [-0.25, -0.2) is 4.98 Å². The van der Waals surface area contributed by atoms with Crippen molar-refractivity contribution >= 4 is 17.7 Å². The Balaban J connectivity index is 2.12. The summed E-state index contributed by atoms with van der Waals surface area (Å²) in [7, 11) is 0. The first-order chi connectivity index (χ1) is 8.15. The van der Waals surface area contributed by atoms with Crippen molar-refractivity contribution in [3.63, 3.8) is 0 Å². The fourth-order valence-electron chi connectivity index (χ4n) is 1.27. The van der Waals surface area contributed by atoms with E-state index < -0.39 is 5.97 Å². The first-order valence-corrected chi connectivity index (χ1v) is 5.96. The number of aromatic nitrogens is 3. The Kier molecular flexibility index (Phi) is 3.43. The van der Waals surface area contributed by atoms with E-state index in [1.165, 1.54) is 5.56 Å². The van der Waals surface area contributed by atoms with Crippen LogP contribution in [0.2, 0.25) is 0 Å². The zero-order valence-electron chi connectivity index (χ0n) is 9.14. The molecule has 1 aromatic carbocycles. The highest BCUT2D eigenvalue weighted by Gasteiger charge is 2.05. The average molecular weight is 248 g/mol. The molecule has 0 unspecified atom stereocenters. The van der Waals surface area contributed by atoms with E-state index in [1.54, 1.807) is 0 Å². The highest BCUT2D eigenvalue weighted by Crippen LogP contribution is 2.19. The number of carbonyl (C=O) groups is 1. The number of benzene rings is 1. The summed E-state index contributed by atoms with van der Waals surface area (Å²) in [6.07, 6.45) is 0. The Bertz CT molecular complexity index is 522. The van der Waals surface area contributed by atoms with Crippen LogP contribution < -0.4 is 5.11 Å². The van der Waals surface area contributed by atoms with Crippen molar-refractivity contribution in [1.82, 2.24) is 15.2 Å². The number of thioether (sulfide) groups is 1. The van der Waals surface area contributed by atoms with E-state index >= 15 is 0 Å². The summed E-state index contributed by atoms with van der Waals surface area (Å²) in [6.45, 7) is 2.01. The van der Waals surface area contributed by atoms with Gasteiger partial charge in [-0.15, -0.1) is 5.10 Å². The Morgan fingerprint density at radius 1 is 1.41 bits per heavy atom. The molecule has 1 aromatic heterocycles. The molecular weight excluding hydrogens is 238 g/mol. The second-order valence-corrected chi connectivity index (χ2v) is 4.44. The molecule has 0 aliphatic heterocycles. The van der Waals surface area contributed by atoms with Crippen molar-refractivity contribution in [3.05, 3.63) is 29.8 Å². The normalized spacial score (nSPS) is 10.4. The minimum atomic E-state index is -1.13. The van der Waals surface area contributed by atoms with Crippen molar-refractivity contribution in [1.29, 1.82) is 0 Å². The zero-order valence-corrected chi connectivity index (χ0v) is 9.95. The van der Waals surface area contributed by atoms with Gasteiger partial charge in [-0.2, -0.15) is 0 Å². The SMILES string of the molecule is Cc1ccc(-c2nc(SCC(=O)[O-])n[nH]2)cc1. The maximum absolute atomic E-state index is 10.3. The van der Waals surface area contributed by atoms with E-state index in [0.717, 1.165) is 17.3 Å². The molecule has 0 spiro atoms. The average Bonchev–Trinajstić information content (AvgIpc) is 2.76. The van der Waals surface area contributed by atoms with Crippen molar-refractivity contribution in [2.75, 3.05) is 5.75 Å². The van der Waals surface area contributed by atoms with Crippen LogP contribution in [0.15, 0.2) is 29.4 Å². The molecule has 1 N–H and O–H groups in total. The van der Waals surface area contributed by atoms with Crippen LogP contribution >= 0.6 is 11.8 Å². The van der Waals surface area contributed by atoms with E-state index in [2.05, 4.69) is 15.2 Å². The lowest BCUT2D eigenvalue weighted by Crippen LogP contribution is -2.24. The standard InChI is InChI=1S/C11H11N3O2S/c1-7-2-4-8(5-3-7)10-12-11(14-13-10)17-6-9(15)16/h2-5H,6H2,1H3,(H,15,16)(H,12,13,14)/p-1. The topological polar surface area (TPSA) is 81.7 Å². The van der Waals surface area contributed by atoms with E-state index in [9.17, 15) is 9.90 Å². The van der Waals surface area contributed by atoms with Gasteiger partial charge in [0.25, 0.3) is 0 Å².